The van der Waals surface area contributed by atoms with Crippen molar-refractivity contribution in [2.75, 3.05) is 18.5 Å². The molecule has 190 valence electrons. The molecule has 4 aromatic rings. The van der Waals surface area contributed by atoms with Gasteiger partial charge >= 0.3 is 5.91 Å². The van der Waals surface area contributed by atoms with Crippen LogP contribution in [0.15, 0.2) is 74.7 Å². The number of fused-ring (bicyclic) bond motifs is 1. The number of hydrogen-bond acceptors (Lipinski definition) is 6. The maximum Gasteiger partial charge on any atom is 0.307 e. The van der Waals surface area contributed by atoms with Gasteiger partial charge in [-0.15, -0.1) is 0 Å². The summed E-state index contributed by atoms with van der Waals surface area (Å²) >= 11 is 9.81. The molecule has 0 aliphatic heterocycles. The molecular weight excluding hydrogens is 562 g/mol. The average molecular weight is 585 g/mol. The summed E-state index contributed by atoms with van der Waals surface area (Å²) in [5.41, 5.74) is 5.34. The number of ether oxygens (including phenoxy) is 2. The number of hydrogen-bond donors (Lipinski definition) is 2. The minimum atomic E-state index is -0.501. The van der Waals surface area contributed by atoms with E-state index in [1.54, 1.807) is 24.3 Å². The smallest absolute Gasteiger partial charge is 0.307 e. The predicted octanol–water partition coefficient (Wildman–Crippen LogP) is 6.34. The van der Waals surface area contributed by atoms with Crippen molar-refractivity contribution in [1.29, 1.82) is 0 Å². The number of amides is 2. The van der Waals surface area contributed by atoms with Gasteiger partial charge in [-0.25, -0.2) is 5.43 Å². The van der Waals surface area contributed by atoms with Crippen molar-refractivity contribution in [3.8, 4) is 11.5 Å². The third-order valence-electron chi connectivity index (χ3n) is 5.10. The van der Waals surface area contributed by atoms with E-state index in [0.29, 0.717) is 29.2 Å². The molecule has 0 atom stereocenters. The minimum Gasteiger partial charge on any atom is -0.490 e. The monoisotopic (exact) mass is 583 g/mol. The number of aryl methyl sites for hydroxylation is 1. The number of nitrogens with zero attached hydrogens (tertiary/aromatic N) is 1. The van der Waals surface area contributed by atoms with Crippen LogP contribution in [0.2, 0.25) is 5.02 Å². The van der Waals surface area contributed by atoms with Crippen molar-refractivity contribution in [2.24, 2.45) is 5.10 Å². The summed E-state index contributed by atoms with van der Waals surface area (Å²) in [5.74, 6) is -0.134. The lowest BCUT2D eigenvalue weighted by atomic mass is 10.2. The van der Waals surface area contributed by atoms with Crippen molar-refractivity contribution in [3.63, 3.8) is 0 Å². The van der Waals surface area contributed by atoms with Crippen molar-refractivity contribution >= 4 is 62.2 Å². The molecule has 0 fully saturated rings. The van der Waals surface area contributed by atoms with Crippen LogP contribution in [0.4, 0.5) is 5.69 Å². The van der Waals surface area contributed by atoms with E-state index < -0.39 is 5.91 Å². The maximum absolute atomic E-state index is 12.4. The predicted molar refractivity (Wildman–Crippen MR) is 147 cm³/mol. The molecule has 0 saturated carbocycles. The highest BCUT2D eigenvalue weighted by Crippen LogP contribution is 2.36. The van der Waals surface area contributed by atoms with Gasteiger partial charge in [-0.05, 0) is 67.9 Å². The van der Waals surface area contributed by atoms with Crippen LogP contribution < -0.4 is 20.2 Å². The number of carbonyl (C=O) groups is 2. The number of furan rings is 1. The molecule has 2 N–H and O–H groups in total. The number of rotatable bonds is 9. The molecular formula is C27H23BrClN3O5. The SMILES string of the molecule is CCOc1cc(/C=N/NC(=O)c2cc3cc(Br)ccc3o2)cc(Cl)c1OCC(=O)Nc1ccc(C)cc1. The fourth-order valence-electron chi connectivity index (χ4n) is 3.38. The lowest BCUT2D eigenvalue weighted by Crippen LogP contribution is -2.20. The lowest BCUT2D eigenvalue weighted by molar-refractivity contribution is -0.118. The van der Waals surface area contributed by atoms with E-state index >= 15 is 0 Å². The fraction of sp³-hybridized carbons (Fsp3) is 0.148. The topological polar surface area (TPSA) is 102 Å². The second kappa shape index (κ2) is 11.9. The molecule has 3 aromatic carbocycles. The van der Waals surface area contributed by atoms with Crippen LogP contribution in [0.25, 0.3) is 11.0 Å². The Morgan fingerprint density at radius 3 is 2.62 bits per heavy atom. The van der Waals surface area contributed by atoms with Crippen LogP contribution in [-0.4, -0.2) is 31.2 Å². The second-order valence-electron chi connectivity index (χ2n) is 7.96. The van der Waals surface area contributed by atoms with Gasteiger partial charge < -0.3 is 19.2 Å². The highest BCUT2D eigenvalue weighted by atomic mass is 79.9. The number of benzene rings is 3. The molecule has 1 heterocycles. The zero-order chi connectivity index (χ0) is 26.4. The van der Waals surface area contributed by atoms with Gasteiger partial charge in [0.1, 0.15) is 5.58 Å². The summed E-state index contributed by atoms with van der Waals surface area (Å²) < 4.78 is 17.8. The first-order valence-electron chi connectivity index (χ1n) is 11.3. The molecule has 0 unspecified atom stereocenters. The van der Waals surface area contributed by atoms with Crippen LogP contribution in [0, 0.1) is 6.92 Å². The van der Waals surface area contributed by atoms with Crippen LogP contribution in [0.3, 0.4) is 0 Å². The largest absolute Gasteiger partial charge is 0.490 e. The van der Waals surface area contributed by atoms with E-state index in [2.05, 4.69) is 31.8 Å². The first-order valence-corrected chi connectivity index (χ1v) is 12.5. The highest BCUT2D eigenvalue weighted by molar-refractivity contribution is 9.10. The van der Waals surface area contributed by atoms with Gasteiger partial charge in [0.05, 0.1) is 17.8 Å². The van der Waals surface area contributed by atoms with E-state index in [0.717, 1.165) is 15.4 Å². The summed E-state index contributed by atoms with van der Waals surface area (Å²) in [5, 5.41) is 7.78. The molecule has 0 aliphatic rings. The summed E-state index contributed by atoms with van der Waals surface area (Å²) in [4.78, 5) is 24.8. The molecule has 4 rings (SSSR count). The number of anilines is 1. The van der Waals surface area contributed by atoms with Crippen molar-refractivity contribution in [2.45, 2.75) is 13.8 Å². The normalized spacial score (nSPS) is 11.0. The van der Waals surface area contributed by atoms with E-state index in [4.69, 9.17) is 25.5 Å². The Balaban J connectivity index is 1.41. The number of hydrazone groups is 1. The number of nitrogens with one attached hydrogen (secondary N) is 2. The Morgan fingerprint density at radius 2 is 1.86 bits per heavy atom. The Morgan fingerprint density at radius 1 is 1.08 bits per heavy atom. The first kappa shape index (κ1) is 26.2. The third kappa shape index (κ3) is 6.90. The zero-order valence-electron chi connectivity index (χ0n) is 20.0. The van der Waals surface area contributed by atoms with Gasteiger partial charge in [-0.3, -0.25) is 9.59 Å². The molecule has 8 nitrogen and oxygen atoms in total. The fourth-order valence-corrected chi connectivity index (χ4v) is 4.04. The van der Waals surface area contributed by atoms with Crippen molar-refractivity contribution < 1.29 is 23.5 Å². The van der Waals surface area contributed by atoms with Crippen molar-refractivity contribution in [3.05, 3.63) is 87.0 Å². The molecule has 0 aliphatic carbocycles. The number of carbonyl (C=O) groups excluding carboxylic acids is 2. The standard InChI is InChI=1S/C27H23BrClN3O5/c1-3-35-23-11-17(14-30-32-27(34)24-13-18-12-19(28)6-9-22(18)37-24)10-21(29)26(23)36-15-25(33)31-20-7-4-16(2)5-8-20/h4-14H,3,15H2,1-2H3,(H,31,33)(H,32,34)/b30-14+. The molecule has 37 heavy (non-hydrogen) atoms. The Bertz CT molecular complexity index is 1470. The van der Waals surface area contributed by atoms with Gasteiger partial charge in [0.15, 0.2) is 23.9 Å². The third-order valence-corrected chi connectivity index (χ3v) is 5.87. The quantitative estimate of drug-likeness (QED) is 0.177. The van der Waals surface area contributed by atoms with Crippen LogP contribution in [0.5, 0.6) is 11.5 Å². The van der Waals surface area contributed by atoms with Gasteiger partial charge in [-0.2, -0.15) is 5.10 Å². The van der Waals surface area contributed by atoms with Crippen LogP contribution in [0.1, 0.15) is 28.6 Å². The summed E-state index contributed by atoms with van der Waals surface area (Å²) in [6.45, 7) is 3.87. The zero-order valence-corrected chi connectivity index (χ0v) is 22.4. The van der Waals surface area contributed by atoms with E-state index in [9.17, 15) is 9.59 Å². The van der Waals surface area contributed by atoms with Gasteiger partial charge in [-0.1, -0.05) is 45.2 Å². The van der Waals surface area contributed by atoms with E-state index in [1.807, 2.05) is 50.2 Å². The molecule has 0 spiro atoms. The summed E-state index contributed by atoms with van der Waals surface area (Å²) in [7, 11) is 0. The minimum absolute atomic E-state index is 0.131. The molecule has 2 amide bonds. The van der Waals surface area contributed by atoms with Crippen molar-refractivity contribution in [1.82, 2.24) is 5.43 Å². The first-order chi connectivity index (χ1) is 17.8. The van der Waals surface area contributed by atoms with E-state index in [-0.39, 0.29) is 29.0 Å². The lowest BCUT2D eigenvalue weighted by Gasteiger charge is -2.14. The molecule has 1 aromatic heterocycles. The number of halogens is 2. The summed E-state index contributed by atoms with van der Waals surface area (Å²) in [6.07, 6.45) is 1.42. The second-order valence-corrected chi connectivity index (χ2v) is 9.28. The average Bonchev–Trinajstić information content (AvgIpc) is 3.28. The molecule has 10 heteroatoms. The van der Waals surface area contributed by atoms with Crippen LogP contribution >= 0.6 is 27.5 Å². The van der Waals surface area contributed by atoms with Crippen LogP contribution in [-0.2, 0) is 4.79 Å². The van der Waals surface area contributed by atoms with Gasteiger partial charge in [0.2, 0.25) is 0 Å². The Hall–Kier alpha value is -3.82. The Kier molecular flexibility index (Phi) is 8.47. The molecule has 0 bridgehead atoms. The summed E-state index contributed by atoms with van der Waals surface area (Å²) in [6, 6.07) is 17.8. The van der Waals surface area contributed by atoms with Gasteiger partial charge in [0.25, 0.3) is 5.91 Å². The van der Waals surface area contributed by atoms with Gasteiger partial charge in [0, 0.05) is 15.5 Å². The maximum atomic E-state index is 12.4. The molecule has 0 radical (unpaired) electrons. The van der Waals surface area contributed by atoms with E-state index in [1.165, 1.54) is 6.21 Å². The Labute approximate surface area is 226 Å². The molecule has 0 saturated heterocycles. The highest BCUT2D eigenvalue weighted by Gasteiger charge is 2.15.